The summed E-state index contributed by atoms with van der Waals surface area (Å²) >= 11 is 0. The van der Waals surface area contributed by atoms with Crippen LogP contribution in [0.2, 0.25) is 0 Å². The lowest BCUT2D eigenvalue weighted by Gasteiger charge is -2.33. The quantitative estimate of drug-likeness (QED) is 0.0786. The van der Waals surface area contributed by atoms with Crippen LogP contribution in [0.3, 0.4) is 0 Å². The highest BCUT2D eigenvalue weighted by atomic mass is 16.5. The van der Waals surface area contributed by atoms with E-state index in [1.807, 2.05) is 43.9 Å². The third-order valence-corrected chi connectivity index (χ3v) is 13.3. The molecule has 2 aromatic carbocycles. The summed E-state index contributed by atoms with van der Waals surface area (Å²) in [5, 5.41) is 8.86. The van der Waals surface area contributed by atoms with Gasteiger partial charge in [0, 0.05) is 81.4 Å². The van der Waals surface area contributed by atoms with Crippen LogP contribution in [0, 0.1) is 23.2 Å². The first-order valence-corrected chi connectivity index (χ1v) is 24.5. The van der Waals surface area contributed by atoms with Crippen LogP contribution in [0.15, 0.2) is 60.8 Å². The van der Waals surface area contributed by atoms with Crippen LogP contribution in [-0.4, -0.2) is 127 Å². The second kappa shape index (κ2) is 24.5. The number of aryl methyl sites for hydroxylation is 1. The van der Waals surface area contributed by atoms with Crippen molar-refractivity contribution >= 4 is 41.5 Å². The van der Waals surface area contributed by atoms with Crippen LogP contribution in [0.1, 0.15) is 96.6 Å². The molecule has 3 aliphatic heterocycles. The molecule has 3 N–H and O–H groups in total. The number of nitrogens with one attached hydrogen (secondary N) is 3. The number of fused-ring (bicyclic) bond motifs is 1. The van der Waals surface area contributed by atoms with Crippen molar-refractivity contribution in [3.8, 4) is 34.2 Å². The van der Waals surface area contributed by atoms with E-state index in [4.69, 9.17) is 14.5 Å². The molecule has 4 unspecified atom stereocenters. The number of likely N-dealkylation sites (N-methyl/N-ethyl adjacent to an activating group) is 1. The number of ether oxygens (including phenoxy) is 2. The van der Waals surface area contributed by atoms with Gasteiger partial charge < -0.3 is 34.5 Å². The molecule has 15 nitrogen and oxygen atoms in total. The zero-order chi connectivity index (χ0) is 49.7. The van der Waals surface area contributed by atoms with Crippen molar-refractivity contribution < 1.29 is 33.4 Å². The van der Waals surface area contributed by atoms with E-state index in [0.717, 1.165) is 108 Å². The molecule has 4 aromatic rings. The van der Waals surface area contributed by atoms with E-state index in [9.17, 15) is 24.0 Å². The van der Waals surface area contributed by atoms with Gasteiger partial charge in [0.25, 0.3) is 18.3 Å². The second-order valence-corrected chi connectivity index (χ2v) is 19.5. The maximum atomic E-state index is 14.0. The molecule has 2 aromatic heterocycles. The Kier molecular flexibility index (Phi) is 18.5. The monoisotopic (exact) mass is 945 g/mol. The fourth-order valence-corrected chi connectivity index (χ4v) is 9.48. The van der Waals surface area contributed by atoms with Gasteiger partial charge in [0.2, 0.25) is 12.3 Å². The first kappa shape index (κ1) is 52.3. The Morgan fingerprint density at radius 3 is 2.36 bits per heavy atom. The van der Waals surface area contributed by atoms with Gasteiger partial charge >= 0.3 is 0 Å². The van der Waals surface area contributed by atoms with Crippen molar-refractivity contribution in [2.75, 3.05) is 53.5 Å². The number of nitrogens with zero attached hydrogens (tertiary/aromatic N) is 5. The van der Waals surface area contributed by atoms with E-state index in [0.29, 0.717) is 32.4 Å². The molecule has 5 heterocycles. The number of likely N-dealkylation sites (tertiary alicyclic amines) is 1. The molecule has 0 radical (unpaired) electrons. The number of carbonyl (C=O) groups excluding carboxylic acids is 5. The van der Waals surface area contributed by atoms with Gasteiger partial charge in [-0.05, 0) is 117 Å². The first-order valence-electron chi connectivity index (χ1n) is 24.5. The lowest BCUT2D eigenvalue weighted by Crippen LogP contribution is -2.58. The summed E-state index contributed by atoms with van der Waals surface area (Å²) in [5.41, 5.74) is 10.8. The van der Waals surface area contributed by atoms with Crippen molar-refractivity contribution in [1.82, 2.24) is 40.4 Å². The Labute approximate surface area is 408 Å². The minimum absolute atomic E-state index is 0.00574. The molecule has 0 spiro atoms. The molecule has 3 saturated heterocycles. The van der Waals surface area contributed by atoms with E-state index in [1.165, 1.54) is 4.90 Å². The minimum atomic E-state index is -0.848. The summed E-state index contributed by atoms with van der Waals surface area (Å²) in [7, 11) is 3.27. The summed E-state index contributed by atoms with van der Waals surface area (Å²) in [6.45, 7) is 17.6. The molecule has 0 saturated carbocycles. The summed E-state index contributed by atoms with van der Waals surface area (Å²) in [5.74, 6) is 4.92. The van der Waals surface area contributed by atoms with Crippen LogP contribution >= 0.6 is 0 Å². The second-order valence-electron chi connectivity index (χ2n) is 19.5. The Balaban J connectivity index is 0.000000514. The minimum Gasteiger partial charge on any atom is -0.467 e. The SMILES string of the molecule is CCn1c(-c2cccnc2C(C)OC)c(CC(C)(C)COC=O)c2cc(-c3cccc(CC(NC(=O)C(C(C)C)N(C)C=O)C(=O)N4CCCCN4)c3)ccc21.O=C(C#CC1CCN1)N1CCCC1. The highest BCUT2D eigenvalue weighted by molar-refractivity contribution is 5.96. The number of hydrogen-bond donors (Lipinski definition) is 3. The van der Waals surface area contributed by atoms with Gasteiger partial charge in [-0.15, -0.1) is 0 Å². The smallest absolute Gasteiger partial charge is 0.298 e. The molecule has 0 bridgehead atoms. The lowest BCUT2D eigenvalue weighted by molar-refractivity contribution is -0.142. The topological polar surface area (TPSA) is 167 Å². The highest BCUT2D eigenvalue weighted by Gasteiger charge is 2.33. The van der Waals surface area contributed by atoms with Crippen molar-refractivity contribution in [3.63, 3.8) is 0 Å². The molecule has 370 valence electrons. The fraction of sp³-hybridized carbons (Fsp3) is 0.519. The summed E-state index contributed by atoms with van der Waals surface area (Å²) in [4.78, 5) is 70.0. The van der Waals surface area contributed by atoms with E-state index < -0.39 is 12.1 Å². The van der Waals surface area contributed by atoms with Gasteiger partial charge in [0.1, 0.15) is 12.1 Å². The van der Waals surface area contributed by atoms with E-state index in [2.05, 4.69) is 89.6 Å². The Bertz CT molecular complexity index is 2470. The van der Waals surface area contributed by atoms with Crippen LogP contribution in [0.5, 0.6) is 0 Å². The van der Waals surface area contributed by atoms with Gasteiger partial charge in [0.15, 0.2) is 0 Å². The fourth-order valence-electron chi connectivity index (χ4n) is 9.48. The molecule has 15 heteroatoms. The van der Waals surface area contributed by atoms with Gasteiger partial charge in [0.05, 0.1) is 30.1 Å². The number of pyridine rings is 1. The number of carbonyl (C=O) groups is 5. The van der Waals surface area contributed by atoms with Crippen molar-refractivity contribution in [3.05, 3.63) is 77.6 Å². The molecular formula is C54H72N8O7. The third kappa shape index (κ3) is 13.2. The van der Waals surface area contributed by atoms with Gasteiger partial charge in [-0.1, -0.05) is 63.9 Å². The molecule has 0 aliphatic carbocycles. The normalized spacial score (nSPS) is 17.1. The summed E-state index contributed by atoms with van der Waals surface area (Å²) < 4.78 is 13.4. The van der Waals surface area contributed by atoms with Gasteiger partial charge in [-0.2, -0.15) is 0 Å². The number of aromatic nitrogens is 2. The van der Waals surface area contributed by atoms with Gasteiger partial charge in [-0.25, -0.2) is 5.43 Å². The maximum absolute atomic E-state index is 14.0. The zero-order valence-corrected chi connectivity index (χ0v) is 41.8. The number of benzene rings is 2. The molecule has 3 fully saturated rings. The number of rotatable bonds is 18. The molecular weight excluding hydrogens is 873 g/mol. The average molecular weight is 945 g/mol. The van der Waals surface area contributed by atoms with E-state index >= 15 is 0 Å². The lowest BCUT2D eigenvalue weighted by atomic mass is 9.84. The molecule has 4 amide bonds. The van der Waals surface area contributed by atoms with Crippen LogP contribution in [0.4, 0.5) is 0 Å². The molecule has 3 aliphatic rings. The Hall–Kier alpha value is -6.08. The third-order valence-electron chi connectivity index (χ3n) is 13.3. The van der Waals surface area contributed by atoms with Crippen LogP contribution in [-0.2, 0) is 52.8 Å². The number of hydrazine groups is 1. The van der Waals surface area contributed by atoms with Gasteiger partial charge in [-0.3, -0.25) is 34.0 Å². The average Bonchev–Trinajstić information content (AvgIpc) is 3.99. The largest absolute Gasteiger partial charge is 0.467 e. The Morgan fingerprint density at radius 2 is 1.72 bits per heavy atom. The standard InChI is InChI=1S/C44H58N6O6.C10H14N2O/c1-9-49-38-18-17-33(24-35(38)36(25-44(5,6)26-56-28-52)41(49)34-16-13-19-45-39(34)30(4)55-8)32-15-12-14-31(22-32)23-37(43(54)50-21-11-10-20-46-50)47-42(53)40(29(2)3)48(7)27-51;13-10(12-7-1-2-8-12)4-3-9-5-6-11-9/h12-19,22,24,27-30,37,40,46H,9-11,20-21,23,25-26H2,1-8H3,(H,47,53);9,11H,1-2,5-8H2. The summed E-state index contributed by atoms with van der Waals surface area (Å²) in [6, 6.07) is 17.3. The highest BCUT2D eigenvalue weighted by Crippen LogP contribution is 2.42. The Morgan fingerprint density at radius 1 is 0.986 bits per heavy atom. The number of methoxy groups -OCH3 is 1. The molecule has 69 heavy (non-hydrogen) atoms. The number of hydrogen-bond acceptors (Lipinski definition) is 10. The predicted molar refractivity (Wildman–Crippen MR) is 268 cm³/mol. The van der Waals surface area contributed by atoms with Crippen LogP contribution in [0.25, 0.3) is 33.3 Å². The van der Waals surface area contributed by atoms with Crippen molar-refractivity contribution in [2.24, 2.45) is 11.3 Å². The summed E-state index contributed by atoms with van der Waals surface area (Å²) in [6.07, 6.45) is 8.29. The van der Waals surface area contributed by atoms with Crippen molar-refractivity contribution in [2.45, 2.75) is 117 Å². The zero-order valence-electron chi connectivity index (χ0n) is 41.8. The van der Waals surface area contributed by atoms with Crippen molar-refractivity contribution in [1.29, 1.82) is 0 Å². The van der Waals surface area contributed by atoms with E-state index in [-0.39, 0.29) is 54.2 Å². The maximum Gasteiger partial charge on any atom is 0.298 e. The van der Waals surface area contributed by atoms with Crippen LogP contribution < -0.4 is 16.1 Å². The molecule has 4 atom stereocenters. The molecule has 7 rings (SSSR count). The van der Waals surface area contributed by atoms with E-state index in [1.54, 1.807) is 25.4 Å². The first-order chi connectivity index (χ1) is 33.2. The number of amides is 4. The predicted octanol–water partition coefficient (Wildman–Crippen LogP) is 6.08.